The van der Waals surface area contributed by atoms with E-state index in [1.807, 2.05) is 31.2 Å². The first kappa shape index (κ1) is 26.5. The molecule has 12 heteroatoms. The van der Waals surface area contributed by atoms with Gasteiger partial charge in [-0.2, -0.15) is 10.2 Å². The van der Waals surface area contributed by atoms with E-state index in [4.69, 9.17) is 14.2 Å². The summed E-state index contributed by atoms with van der Waals surface area (Å²) in [4.78, 5) is 30.2. The van der Waals surface area contributed by atoms with Gasteiger partial charge in [0.25, 0.3) is 11.5 Å². The smallest absolute Gasteiger partial charge is 0.269 e. The minimum atomic E-state index is -0.337. The molecular formula is C28H29N7O5. The van der Waals surface area contributed by atoms with E-state index in [0.717, 1.165) is 11.1 Å². The van der Waals surface area contributed by atoms with Gasteiger partial charge in [-0.05, 0) is 30.7 Å². The molecule has 2 aromatic carbocycles. The lowest BCUT2D eigenvalue weighted by Gasteiger charge is -2.13. The average Bonchev–Trinajstić information content (AvgIpc) is 3.62. The van der Waals surface area contributed by atoms with Gasteiger partial charge in [-0.25, -0.2) is 9.67 Å². The SMILES string of the molecule is COc1cc(-c2cc(C(=O)NCCn3ncc4c(=O)n(Cc5cccc(C)c5)cnc43)[nH]n2)cc(OC)c1OC. The highest BCUT2D eigenvalue weighted by Gasteiger charge is 2.17. The number of hydrogen-bond donors (Lipinski definition) is 2. The fourth-order valence-electron chi connectivity index (χ4n) is 4.47. The molecule has 0 aliphatic rings. The van der Waals surface area contributed by atoms with Crippen LogP contribution < -0.4 is 25.1 Å². The van der Waals surface area contributed by atoms with Crippen molar-refractivity contribution in [1.82, 2.24) is 34.8 Å². The molecule has 5 aromatic rings. The molecule has 0 fully saturated rings. The van der Waals surface area contributed by atoms with E-state index in [2.05, 4.69) is 25.6 Å². The number of aromatic nitrogens is 6. The van der Waals surface area contributed by atoms with Gasteiger partial charge < -0.3 is 19.5 Å². The first-order valence-corrected chi connectivity index (χ1v) is 12.5. The standard InChI is InChI=1S/C28H29N7O5/c1-17-6-5-7-18(10-17)15-34-16-30-26-20(28(34)37)14-31-35(26)9-8-29-27(36)22-13-21(32-33-22)19-11-23(38-2)25(40-4)24(12-19)39-3/h5-7,10-14,16H,8-9,15H2,1-4H3,(H,29,36)(H,32,33). The minimum Gasteiger partial charge on any atom is -0.493 e. The van der Waals surface area contributed by atoms with E-state index < -0.39 is 0 Å². The van der Waals surface area contributed by atoms with Gasteiger partial charge in [-0.15, -0.1) is 0 Å². The van der Waals surface area contributed by atoms with Gasteiger partial charge in [0, 0.05) is 12.1 Å². The summed E-state index contributed by atoms with van der Waals surface area (Å²) in [5.41, 5.74) is 3.95. The molecule has 206 valence electrons. The first-order valence-electron chi connectivity index (χ1n) is 12.5. The summed E-state index contributed by atoms with van der Waals surface area (Å²) in [5.74, 6) is 1.09. The number of nitrogens with zero attached hydrogens (tertiary/aromatic N) is 5. The maximum absolute atomic E-state index is 13.0. The molecule has 2 N–H and O–H groups in total. The van der Waals surface area contributed by atoms with Gasteiger partial charge in [-0.3, -0.25) is 19.3 Å². The van der Waals surface area contributed by atoms with Crippen molar-refractivity contribution < 1.29 is 19.0 Å². The van der Waals surface area contributed by atoms with Crippen LogP contribution in [0.4, 0.5) is 0 Å². The van der Waals surface area contributed by atoms with Crippen LogP contribution in [0.5, 0.6) is 17.2 Å². The Bertz CT molecular complexity index is 1710. The molecule has 0 aliphatic carbocycles. The molecule has 0 spiro atoms. The van der Waals surface area contributed by atoms with Crippen LogP contribution in [0.3, 0.4) is 0 Å². The molecule has 0 radical (unpaired) electrons. The van der Waals surface area contributed by atoms with Crippen LogP contribution in [0, 0.1) is 6.92 Å². The third kappa shape index (κ3) is 5.23. The van der Waals surface area contributed by atoms with Crippen molar-refractivity contribution in [3.05, 3.63) is 82.2 Å². The Morgan fingerprint density at radius 3 is 2.52 bits per heavy atom. The molecule has 0 atom stereocenters. The van der Waals surface area contributed by atoms with Crippen molar-refractivity contribution in [3.8, 4) is 28.5 Å². The molecule has 12 nitrogen and oxygen atoms in total. The van der Waals surface area contributed by atoms with E-state index in [1.54, 1.807) is 27.4 Å². The van der Waals surface area contributed by atoms with E-state index >= 15 is 0 Å². The molecule has 0 saturated heterocycles. The van der Waals surface area contributed by atoms with Gasteiger partial charge in [-0.1, -0.05) is 29.8 Å². The summed E-state index contributed by atoms with van der Waals surface area (Å²) in [7, 11) is 4.59. The fourth-order valence-corrected chi connectivity index (χ4v) is 4.47. The second kappa shape index (κ2) is 11.3. The van der Waals surface area contributed by atoms with Crippen LogP contribution in [-0.4, -0.2) is 63.3 Å². The molecule has 5 rings (SSSR count). The normalized spacial score (nSPS) is 11.0. The number of carbonyl (C=O) groups excluding carboxylic acids is 1. The Labute approximate surface area is 229 Å². The number of fused-ring (bicyclic) bond motifs is 1. The van der Waals surface area contributed by atoms with E-state index in [1.165, 1.54) is 33.9 Å². The zero-order valence-corrected chi connectivity index (χ0v) is 22.6. The van der Waals surface area contributed by atoms with Crippen LogP contribution in [0.2, 0.25) is 0 Å². The summed E-state index contributed by atoms with van der Waals surface area (Å²) in [6.07, 6.45) is 3.04. The largest absolute Gasteiger partial charge is 0.493 e. The molecule has 1 amide bonds. The lowest BCUT2D eigenvalue weighted by Crippen LogP contribution is -2.28. The van der Waals surface area contributed by atoms with Gasteiger partial charge in [0.2, 0.25) is 5.75 Å². The Morgan fingerprint density at radius 1 is 1.05 bits per heavy atom. The molecular weight excluding hydrogens is 514 g/mol. The maximum Gasteiger partial charge on any atom is 0.269 e. The number of nitrogens with one attached hydrogen (secondary N) is 2. The summed E-state index contributed by atoms with van der Waals surface area (Å²) in [6.45, 7) is 3.03. The zero-order valence-electron chi connectivity index (χ0n) is 22.6. The number of methoxy groups -OCH3 is 3. The van der Waals surface area contributed by atoms with E-state index in [-0.39, 0.29) is 23.7 Å². The van der Waals surface area contributed by atoms with Crippen molar-refractivity contribution in [3.63, 3.8) is 0 Å². The molecule has 3 aromatic heterocycles. The van der Waals surface area contributed by atoms with Crippen LogP contribution in [-0.2, 0) is 13.1 Å². The van der Waals surface area contributed by atoms with Crippen molar-refractivity contribution in [2.45, 2.75) is 20.0 Å². The highest BCUT2D eigenvalue weighted by atomic mass is 16.5. The van der Waals surface area contributed by atoms with Gasteiger partial charge >= 0.3 is 0 Å². The van der Waals surface area contributed by atoms with Crippen molar-refractivity contribution in [2.24, 2.45) is 0 Å². The predicted molar refractivity (Wildman–Crippen MR) is 148 cm³/mol. The number of H-pyrrole nitrogens is 1. The number of hydrogen-bond acceptors (Lipinski definition) is 8. The van der Waals surface area contributed by atoms with Crippen LogP contribution in [0.15, 0.2) is 59.8 Å². The quantitative estimate of drug-likeness (QED) is 0.274. The molecule has 40 heavy (non-hydrogen) atoms. The van der Waals surface area contributed by atoms with Gasteiger partial charge in [0.15, 0.2) is 17.1 Å². The zero-order chi connectivity index (χ0) is 28.2. The van der Waals surface area contributed by atoms with Gasteiger partial charge in [0.05, 0.1) is 46.3 Å². The highest BCUT2D eigenvalue weighted by molar-refractivity contribution is 5.93. The monoisotopic (exact) mass is 543 g/mol. The Hall–Kier alpha value is -5.13. The first-order chi connectivity index (χ1) is 19.4. The molecule has 3 heterocycles. The minimum absolute atomic E-state index is 0.168. The third-order valence-electron chi connectivity index (χ3n) is 6.45. The van der Waals surface area contributed by atoms with Crippen LogP contribution >= 0.6 is 0 Å². The molecule has 0 saturated carbocycles. The van der Waals surface area contributed by atoms with Crippen molar-refractivity contribution in [1.29, 1.82) is 0 Å². The number of carbonyl (C=O) groups is 1. The van der Waals surface area contributed by atoms with Crippen molar-refractivity contribution in [2.75, 3.05) is 27.9 Å². The highest BCUT2D eigenvalue weighted by Crippen LogP contribution is 2.40. The number of rotatable bonds is 10. The summed E-state index contributed by atoms with van der Waals surface area (Å²) in [6, 6.07) is 13.1. The summed E-state index contributed by atoms with van der Waals surface area (Å²) >= 11 is 0. The second-order valence-electron chi connectivity index (χ2n) is 9.11. The fraction of sp³-hybridized carbons (Fsp3) is 0.250. The van der Waals surface area contributed by atoms with Crippen LogP contribution in [0.25, 0.3) is 22.3 Å². The molecule has 0 aliphatic heterocycles. The number of aryl methyl sites for hydroxylation is 1. The lowest BCUT2D eigenvalue weighted by atomic mass is 10.1. The topological polar surface area (TPSA) is 138 Å². The van der Waals surface area contributed by atoms with Crippen LogP contribution in [0.1, 0.15) is 21.6 Å². The number of amides is 1. The second-order valence-corrected chi connectivity index (χ2v) is 9.11. The third-order valence-corrected chi connectivity index (χ3v) is 6.45. The van der Waals surface area contributed by atoms with E-state index in [9.17, 15) is 9.59 Å². The Balaban J connectivity index is 1.25. The van der Waals surface area contributed by atoms with Gasteiger partial charge in [0.1, 0.15) is 17.4 Å². The maximum atomic E-state index is 13.0. The Morgan fingerprint density at radius 2 is 1.82 bits per heavy atom. The predicted octanol–water partition coefficient (Wildman–Crippen LogP) is 2.80. The summed E-state index contributed by atoms with van der Waals surface area (Å²) < 4.78 is 19.3. The number of aromatic amines is 1. The Kier molecular flexibility index (Phi) is 7.49. The molecule has 0 unspecified atom stereocenters. The van der Waals surface area contributed by atoms with E-state index in [0.29, 0.717) is 52.6 Å². The lowest BCUT2D eigenvalue weighted by molar-refractivity contribution is 0.0947. The molecule has 0 bridgehead atoms. The summed E-state index contributed by atoms with van der Waals surface area (Å²) in [5, 5.41) is 14.6. The number of ether oxygens (including phenoxy) is 3. The van der Waals surface area contributed by atoms with Crippen molar-refractivity contribution >= 4 is 16.9 Å². The average molecular weight is 544 g/mol. The number of benzene rings is 2.